The van der Waals surface area contributed by atoms with E-state index in [0.29, 0.717) is 21.8 Å². The van der Waals surface area contributed by atoms with Crippen LogP contribution in [0.5, 0.6) is 0 Å². The quantitative estimate of drug-likeness (QED) is 0.377. The van der Waals surface area contributed by atoms with Gasteiger partial charge in [0.1, 0.15) is 11.6 Å². The van der Waals surface area contributed by atoms with Crippen molar-refractivity contribution in [3.8, 4) is 5.69 Å². The molecule has 0 aliphatic carbocycles. The van der Waals surface area contributed by atoms with Gasteiger partial charge in [0.2, 0.25) is 0 Å². The highest BCUT2D eigenvalue weighted by molar-refractivity contribution is 6.30. The number of rotatable bonds is 5. The minimum atomic E-state index is -0.597. The van der Waals surface area contributed by atoms with Crippen molar-refractivity contribution in [2.24, 2.45) is 0 Å². The Balaban J connectivity index is 1.74. The molecule has 0 unspecified atom stereocenters. The van der Waals surface area contributed by atoms with Gasteiger partial charge in [-0.25, -0.2) is 23.1 Å². The molecule has 0 saturated heterocycles. The summed E-state index contributed by atoms with van der Waals surface area (Å²) in [6, 6.07) is 18.2. The fourth-order valence-electron chi connectivity index (χ4n) is 3.87. The first-order valence-corrected chi connectivity index (χ1v) is 10.7. The molecule has 0 atom stereocenters. The van der Waals surface area contributed by atoms with Crippen LogP contribution in [0, 0.1) is 11.6 Å². The Morgan fingerprint density at radius 2 is 1.56 bits per heavy atom. The number of hydrogen-bond acceptors (Lipinski definition) is 3. The second kappa shape index (κ2) is 8.72. The number of nitrogens with zero attached hydrogens (tertiary/aromatic N) is 4. The largest absolute Gasteiger partial charge is 0.337 e. The van der Waals surface area contributed by atoms with Crippen molar-refractivity contribution >= 4 is 22.8 Å². The van der Waals surface area contributed by atoms with E-state index in [0.717, 1.165) is 4.57 Å². The molecule has 0 aliphatic rings. The third kappa shape index (κ3) is 4.04. The standard InChI is InChI=1S/C25H17ClF2N4O2/c26-18-6-10-21(11-7-18)32-23-22(30(15-29-23)13-17-2-1-3-20(28)12-17)24(33)31(25(32)34)14-16-4-8-19(27)9-5-16/h1-12,15H,13-14H2. The molecule has 0 saturated carbocycles. The lowest BCUT2D eigenvalue weighted by atomic mass is 10.2. The highest BCUT2D eigenvalue weighted by Crippen LogP contribution is 2.17. The van der Waals surface area contributed by atoms with Crippen LogP contribution in [0.4, 0.5) is 8.78 Å². The van der Waals surface area contributed by atoms with Crippen LogP contribution in [-0.2, 0) is 13.1 Å². The van der Waals surface area contributed by atoms with Crippen LogP contribution in [0.15, 0.2) is 88.7 Å². The average Bonchev–Trinajstić information content (AvgIpc) is 3.22. The Morgan fingerprint density at radius 3 is 2.26 bits per heavy atom. The average molecular weight is 479 g/mol. The molecule has 0 amide bonds. The summed E-state index contributed by atoms with van der Waals surface area (Å²) >= 11 is 6.02. The summed E-state index contributed by atoms with van der Waals surface area (Å²) in [7, 11) is 0. The highest BCUT2D eigenvalue weighted by atomic mass is 35.5. The summed E-state index contributed by atoms with van der Waals surface area (Å²) in [5.41, 5.74) is 0.892. The zero-order valence-electron chi connectivity index (χ0n) is 17.7. The van der Waals surface area contributed by atoms with Crippen molar-refractivity contribution in [2.45, 2.75) is 13.1 Å². The molecule has 6 nitrogen and oxygen atoms in total. The van der Waals surface area contributed by atoms with Gasteiger partial charge < -0.3 is 4.57 Å². The maximum Gasteiger partial charge on any atom is 0.337 e. The van der Waals surface area contributed by atoms with Crippen molar-refractivity contribution in [1.29, 1.82) is 0 Å². The van der Waals surface area contributed by atoms with Gasteiger partial charge in [0.15, 0.2) is 11.2 Å². The minimum absolute atomic E-state index is 0.0629. The van der Waals surface area contributed by atoms with Crippen molar-refractivity contribution < 1.29 is 8.78 Å². The van der Waals surface area contributed by atoms with Crippen molar-refractivity contribution in [1.82, 2.24) is 18.7 Å². The molecule has 5 rings (SSSR count). The molecular weight excluding hydrogens is 462 g/mol. The predicted octanol–water partition coefficient (Wildman–Crippen LogP) is 4.38. The van der Waals surface area contributed by atoms with E-state index >= 15 is 0 Å². The summed E-state index contributed by atoms with van der Waals surface area (Å²) in [6.07, 6.45) is 1.45. The van der Waals surface area contributed by atoms with E-state index in [4.69, 9.17) is 11.6 Å². The van der Waals surface area contributed by atoms with Crippen LogP contribution in [0.2, 0.25) is 5.02 Å². The van der Waals surface area contributed by atoms with E-state index < -0.39 is 22.9 Å². The molecule has 170 valence electrons. The number of halogens is 3. The maximum atomic E-state index is 13.7. The summed E-state index contributed by atoms with van der Waals surface area (Å²) in [4.78, 5) is 31.4. The van der Waals surface area contributed by atoms with Gasteiger partial charge in [-0.3, -0.25) is 9.36 Å². The first kappa shape index (κ1) is 21.8. The van der Waals surface area contributed by atoms with E-state index in [2.05, 4.69) is 4.98 Å². The summed E-state index contributed by atoms with van der Waals surface area (Å²) in [5.74, 6) is -0.813. The van der Waals surface area contributed by atoms with Crippen LogP contribution < -0.4 is 11.2 Å². The second-order valence-electron chi connectivity index (χ2n) is 7.79. The molecule has 5 aromatic rings. The number of fused-ring (bicyclic) bond motifs is 1. The van der Waals surface area contributed by atoms with E-state index in [-0.39, 0.29) is 24.3 Å². The van der Waals surface area contributed by atoms with Gasteiger partial charge in [-0.15, -0.1) is 0 Å². The van der Waals surface area contributed by atoms with E-state index in [9.17, 15) is 18.4 Å². The van der Waals surface area contributed by atoms with Gasteiger partial charge in [0.05, 0.1) is 18.6 Å². The lowest BCUT2D eigenvalue weighted by Crippen LogP contribution is -2.40. The first-order valence-electron chi connectivity index (χ1n) is 10.4. The summed E-state index contributed by atoms with van der Waals surface area (Å²) in [6.45, 7) is 0.117. The van der Waals surface area contributed by atoms with Crippen molar-refractivity contribution in [2.75, 3.05) is 0 Å². The van der Waals surface area contributed by atoms with Gasteiger partial charge in [0, 0.05) is 11.6 Å². The van der Waals surface area contributed by atoms with Crippen LogP contribution in [0.3, 0.4) is 0 Å². The lowest BCUT2D eigenvalue weighted by Gasteiger charge is -2.13. The monoisotopic (exact) mass is 478 g/mol. The SMILES string of the molecule is O=c1c2c(ncn2Cc2cccc(F)c2)n(-c2ccc(Cl)cc2)c(=O)n1Cc1ccc(F)cc1. The third-order valence-corrected chi connectivity index (χ3v) is 5.73. The van der Waals surface area contributed by atoms with Gasteiger partial charge in [-0.1, -0.05) is 35.9 Å². The molecule has 0 bridgehead atoms. The summed E-state index contributed by atoms with van der Waals surface area (Å²) < 4.78 is 31.1. The molecule has 0 aliphatic heterocycles. The fraction of sp³-hybridized carbons (Fsp3) is 0.0800. The summed E-state index contributed by atoms with van der Waals surface area (Å²) in [5, 5.41) is 0.490. The number of imidazole rings is 1. The Hall–Kier alpha value is -4.04. The molecule has 3 aromatic carbocycles. The zero-order chi connectivity index (χ0) is 23.8. The van der Waals surface area contributed by atoms with Gasteiger partial charge >= 0.3 is 5.69 Å². The Kier molecular flexibility index (Phi) is 5.59. The Labute approximate surface area is 196 Å². The molecule has 34 heavy (non-hydrogen) atoms. The van der Waals surface area contributed by atoms with Crippen LogP contribution in [0.1, 0.15) is 11.1 Å². The second-order valence-corrected chi connectivity index (χ2v) is 8.22. The van der Waals surface area contributed by atoms with Gasteiger partial charge in [0.25, 0.3) is 5.56 Å². The number of benzene rings is 3. The molecule has 0 fully saturated rings. The van der Waals surface area contributed by atoms with Crippen molar-refractivity contribution in [3.05, 3.63) is 128 Å². The fourth-order valence-corrected chi connectivity index (χ4v) is 3.99. The van der Waals surface area contributed by atoms with Crippen LogP contribution >= 0.6 is 11.6 Å². The Morgan fingerprint density at radius 1 is 0.824 bits per heavy atom. The molecule has 9 heteroatoms. The topological polar surface area (TPSA) is 61.8 Å². The molecule has 0 spiro atoms. The third-order valence-electron chi connectivity index (χ3n) is 5.48. The normalized spacial score (nSPS) is 11.3. The highest BCUT2D eigenvalue weighted by Gasteiger charge is 2.20. The van der Waals surface area contributed by atoms with E-state index in [1.54, 1.807) is 41.0 Å². The number of hydrogen-bond donors (Lipinski definition) is 0. The molecule has 2 aromatic heterocycles. The lowest BCUT2D eigenvalue weighted by molar-refractivity contribution is 0.623. The Bertz CT molecular complexity index is 1620. The van der Waals surface area contributed by atoms with Gasteiger partial charge in [-0.05, 0) is 59.7 Å². The smallest absolute Gasteiger partial charge is 0.320 e. The van der Waals surface area contributed by atoms with E-state index in [1.807, 2.05) is 0 Å². The minimum Gasteiger partial charge on any atom is -0.320 e. The molecule has 0 N–H and O–H groups in total. The van der Waals surface area contributed by atoms with Crippen LogP contribution in [0.25, 0.3) is 16.9 Å². The predicted molar refractivity (Wildman–Crippen MR) is 126 cm³/mol. The molecular formula is C25H17ClF2N4O2. The van der Waals surface area contributed by atoms with Crippen molar-refractivity contribution in [3.63, 3.8) is 0 Å². The van der Waals surface area contributed by atoms with Crippen LogP contribution in [-0.4, -0.2) is 18.7 Å². The molecule has 0 radical (unpaired) electrons. The van der Waals surface area contributed by atoms with Gasteiger partial charge in [-0.2, -0.15) is 0 Å². The maximum absolute atomic E-state index is 13.7. The molecule has 2 heterocycles. The van der Waals surface area contributed by atoms with E-state index in [1.165, 1.54) is 47.3 Å². The first-order chi connectivity index (χ1) is 16.4. The number of aromatic nitrogens is 4. The zero-order valence-corrected chi connectivity index (χ0v) is 18.4.